The molecule has 2 N–H and O–H groups in total. The summed E-state index contributed by atoms with van der Waals surface area (Å²) in [6, 6.07) is 9.02. The quantitative estimate of drug-likeness (QED) is 0.823. The van der Waals surface area contributed by atoms with Gasteiger partial charge in [0.15, 0.2) is 0 Å². The monoisotopic (exact) mass is 207 g/mol. The normalized spacial score (nSPS) is 19.0. The SMILES string of the molecule is CC(N)Cc1ccccc1C1CSC1. The van der Waals surface area contributed by atoms with Crippen LogP contribution < -0.4 is 5.73 Å². The highest BCUT2D eigenvalue weighted by molar-refractivity contribution is 8.00. The van der Waals surface area contributed by atoms with Crippen LogP contribution in [-0.2, 0) is 6.42 Å². The van der Waals surface area contributed by atoms with Crippen molar-refractivity contribution < 1.29 is 0 Å². The predicted molar refractivity (Wildman–Crippen MR) is 63.9 cm³/mol. The Hall–Kier alpha value is -0.470. The lowest BCUT2D eigenvalue weighted by Crippen LogP contribution is -2.22. The summed E-state index contributed by atoms with van der Waals surface area (Å²) in [5.74, 6) is 3.36. The molecule has 1 aliphatic rings. The molecule has 0 saturated carbocycles. The average molecular weight is 207 g/mol. The predicted octanol–water partition coefficient (Wildman–Crippen LogP) is 2.41. The number of benzene rings is 1. The molecule has 0 aromatic heterocycles. The number of rotatable bonds is 3. The number of nitrogens with two attached hydrogens (primary N) is 1. The van der Waals surface area contributed by atoms with E-state index in [-0.39, 0.29) is 6.04 Å². The zero-order valence-corrected chi connectivity index (χ0v) is 9.39. The molecular weight excluding hydrogens is 190 g/mol. The largest absolute Gasteiger partial charge is 0.328 e. The van der Waals surface area contributed by atoms with Crippen LogP contribution in [0, 0.1) is 0 Å². The fraction of sp³-hybridized carbons (Fsp3) is 0.500. The number of thioether (sulfide) groups is 1. The minimum absolute atomic E-state index is 0.267. The molecule has 0 amide bonds. The van der Waals surface area contributed by atoms with Gasteiger partial charge in [-0.2, -0.15) is 11.8 Å². The smallest absolute Gasteiger partial charge is 0.00510 e. The summed E-state index contributed by atoms with van der Waals surface area (Å²) in [4.78, 5) is 0. The molecule has 0 radical (unpaired) electrons. The summed E-state index contributed by atoms with van der Waals surface area (Å²) >= 11 is 2.04. The molecule has 0 spiro atoms. The van der Waals surface area contributed by atoms with Crippen LogP contribution in [0.3, 0.4) is 0 Å². The second-order valence-electron chi connectivity index (χ2n) is 4.11. The van der Waals surface area contributed by atoms with Gasteiger partial charge in [0.05, 0.1) is 0 Å². The van der Waals surface area contributed by atoms with Crippen molar-refractivity contribution in [3.8, 4) is 0 Å². The number of hydrogen-bond acceptors (Lipinski definition) is 2. The first-order valence-corrected chi connectivity index (χ1v) is 6.34. The molecule has 0 bridgehead atoms. The highest BCUT2D eigenvalue weighted by atomic mass is 32.2. The van der Waals surface area contributed by atoms with Crippen LogP contribution >= 0.6 is 11.8 Å². The van der Waals surface area contributed by atoms with Crippen molar-refractivity contribution in [1.82, 2.24) is 0 Å². The fourth-order valence-electron chi connectivity index (χ4n) is 1.88. The fourth-order valence-corrected chi connectivity index (χ4v) is 2.71. The zero-order valence-electron chi connectivity index (χ0n) is 8.57. The van der Waals surface area contributed by atoms with E-state index in [4.69, 9.17) is 5.73 Å². The van der Waals surface area contributed by atoms with E-state index in [1.807, 2.05) is 11.8 Å². The lowest BCUT2D eigenvalue weighted by Gasteiger charge is -2.27. The van der Waals surface area contributed by atoms with E-state index in [1.54, 1.807) is 0 Å². The Morgan fingerprint density at radius 1 is 1.43 bits per heavy atom. The Kier molecular flexibility index (Phi) is 3.14. The molecule has 1 atom stereocenters. The Morgan fingerprint density at radius 3 is 2.71 bits per heavy atom. The van der Waals surface area contributed by atoms with Crippen LogP contribution in [0.5, 0.6) is 0 Å². The minimum Gasteiger partial charge on any atom is -0.328 e. The second kappa shape index (κ2) is 4.37. The van der Waals surface area contributed by atoms with Crippen LogP contribution in [-0.4, -0.2) is 17.5 Å². The molecule has 1 saturated heterocycles. The molecular formula is C12H17NS. The first-order valence-electron chi connectivity index (χ1n) is 5.18. The maximum absolute atomic E-state index is 5.85. The van der Waals surface area contributed by atoms with Gasteiger partial charge in [0.1, 0.15) is 0 Å². The summed E-state index contributed by atoms with van der Waals surface area (Å²) < 4.78 is 0. The Bertz CT molecular complexity index is 305. The van der Waals surface area contributed by atoms with Crippen molar-refractivity contribution in [2.45, 2.75) is 25.3 Å². The van der Waals surface area contributed by atoms with Crippen molar-refractivity contribution in [2.75, 3.05) is 11.5 Å². The maximum atomic E-state index is 5.85. The van der Waals surface area contributed by atoms with Crippen LogP contribution in [0.1, 0.15) is 24.0 Å². The van der Waals surface area contributed by atoms with Crippen molar-refractivity contribution in [3.63, 3.8) is 0 Å². The third kappa shape index (κ3) is 2.12. The van der Waals surface area contributed by atoms with E-state index in [9.17, 15) is 0 Å². The lowest BCUT2D eigenvalue weighted by atomic mass is 9.93. The Morgan fingerprint density at radius 2 is 2.14 bits per heavy atom. The van der Waals surface area contributed by atoms with Crippen LogP contribution in [0.2, 0.25) is 0 Å². The van der Waals surface area contributed by atoms with Gasteiger partial charge in [0.2, 0.25) is 0 Å². The minimum atomic E-state index is 0.267. The molecule has 76 valence electrons. The molecule has 1 heterocycles. The molecule has 1 aromatic rings. The van der Waals surface area contributed by atoms with Crippen LogP contribution in [0.15, 0.2) is 24.3 Å². The summed E-state index contributed by atoms with van der Waals surface area (Å²) in [5, 5.41) is 0. The maximum Gasteiger partial charge on any atom is 0.00510 e. The van der Waals surface area contributed by atoms with Gasteiger partial charge in [-0.25, -0.2) is 0 Å². The Balaban J connectivity index is 2.19. The van der Waals surface area contributed by atoms with Gasteiger partial charge in [-0.15, -0.1) is 0 Å². The van der Waals surface area contributed by atoms with Crippen molar-refractivity contribution in [1.29, 1.82) is 0 Å². The topological polar surface area (TPSA) is 26.0 Å². The van der Waals surface area contributed by atoms with Gasteiger partial charge in [-0.05, 0) is 24.5 Å². The van der Waals surface area contributed by atoms with Gasteiger partial charge >= 0.3 is 0 Å². The van der Waals surface area contributed by atoms with E-state index in [1.165, 1.54) is 22.6 Å². The van der Waals surface area contributed by atoms with Gasteiger partial charge in [-0.1, -0.05) is 24.3 Å². The summed E-state index contributed by atoms with van der Waals surface area (Å²) in [5.41, 5.74) is 8.83. The second-order valence-corrected chi connectivity index (χ2v) is 5.19. The van der Waals surface area contributed by atoms with Gasteiger partial charge in [-0.3, -0.25) is 0 Å². The highest BCUT2D eigenvalue weighted by Crippen LogP contribution is 2.35. The Labute approximate surface area is 90.1 Å². The highest BCUT2D eigenvalue weighted by Gasteiger charge is 2.22. The third-order valence-electron chi connectivity index (χ3n) is 2.67. The van der Waals surface area contributed by atoms with E-state index in [2.05, 4.69) is 31.2 Å². The molecule has 2 rings (SSSR count). The molecule has 2 heteroatoms. The lowest BCUT2D eigenvalue weighted by molar-refractivity contribution is 0.719. The molecule has 14 heavy (non-hydrogen) atoms. The van der Waals surface area contributed by atoms with Crippen LogP contribution in [0.4, 0.5) is 0 Å². The number of hydrogen-bond donors (Lipinski definition) is 1. The third-order valence-corrected chi connectivity index (χ3v) is 3.95. The zero-order chi connectivity index (χ0) is 9.97. The first kappa shape index (κ1) is 10.1. The van der Waals surface area contributed by atoms with E-state index >= 15 is 0 Å². The standard InChI is InChI=1S/C12H17NS/c1-9(13)6-10-4-2-3-5-12(10)11-7-14-8-11/h2-5,9,11H,6-8,13H2,1H3. The van der Waals surface area contributed by atoms with Gasteiger partial charge < -0.3 is 5.73 Å². The first-order chi connectivity index (χ1) is 6.77. The van der Waals surface area contributed by atoms with E-state index in [0.717, 1.165) is 12.3 Å². The summed E-state index contributed by atoms with van der Waals surface area (Å²) in [6.45, 7) is 2.08. The van der Waals surface area contributed by atoms with Crippen molar-refractivity contribution in [3.05, 3.63) is 35.4 Å². The van der Waals surface area contributed by atoms with Crippen LogP contribution in [0.25, 0.3) is 0 Å². The molecule has 0 aliphatic carbocycles. The summed E-state index contributed by atoms with van der Waals surface area (Å²) in [7, 11) is 0. The average Bonchev–Trinajstić information content (AvgIpc) is 2.04. The van der Waals surface area contributed by atoms with E-state index < -0.39 is 0 Å². The van der Waals surface area contributed by atoms with Crippen molar-refractivity contribution in [2.24, 2.45) is 5.73 Å². The summed E-state index contributed by atoms with van der Waals surface area (Å²) in [6.07, 6.45) is 1.01. The molecule has 1 aliphatic heterocycles. The molecule has 1 nitrogen and oxygen atoms in total. The van der Waals surface area contributed by atoms with Gasteiger partial charge in [0, 0.05) is 23.5 Å². The molecule has 1 fully saturated rings. The molecule has 1 unspecified atom stereocenters. The van der Waals surface area contributed by atoms with Crippen molar-refractivity contribution >= 4 is 11.8 Å². The van der Waals surface area contributed by atoms with Gasteiger partial charge in [0.25, 0.3) is 0 Å². The molecule has 1 aromatic carbocycles. The van der Waals surface area contributed by atoms with E-state index in [0.29, 0.717) is 0 Å².